The van der Waals surface area contributed by atoms with E-state index in [1.807, 2.05) is 0 Å². The van der Waals surface area contributed by atoms with Gasteiger partial charge in [-0.3, -0.25) is 10.3 Å². The molecule has 0 saturated carbocycles. The highest BCUT2D eigenvalue weighted by molar-refractivity contribution is 7.91. The number of rotatable bonds is 6. The third-order valence-electron chi connectivity index (χ3n) is 2.87. The molecule has 0 spiro atoms. The SMILES string of the molecule is CCS(=O)(=O)CCCN1CCOC(C(=N)N)C1. The molecule has 1 aliphatic heterocycles. The Balaban J connectivity index is 2.30. The summed E-state index contributed by atoms with van der Waals surface area (Å²) < 4.78 is 28.0. The van der Waals surface area contributed by atoms with Crippen LogP contribution in [0.25, 0.3) is 0 Å². The van der Waals surface area contributed by atoms with Gasteiger partial charge in [0.1, 0.15) is 21.8 Å². The van der Waals surface area contributed by atoms with Crippen LogP contribution in [0.2, 0.25) is 0 Å². The second kappa shape index (κ2) is 6.32. The van der Waals surface area contributed by atoms with Crippen LogP contribution in [0, 0.1) is 5.41 Å². The Morgan fingerprint density at radius 1 is 1.59 bits per heavy atom. The van der Waals surface area contributed by atoms with E-state index < -0.39 is 9.84 Å². The minimum absolute atomic E-state index is 0.0379. The average Bonchev–Trinajstić information content (AvgIpc) is 2.29. The molecule has 1 atom stereocenters. The van der Waals surface area contributed by atoms with Crippen molar-refractivity contribution in [3.63, 3.8) is 0 Å². The number of amidine groups is 1. The van der Waals surface area contributed by atoms with Crippen LogP contribution in [0.1, 0.15) is 13.3 Å². The Labute approximate surface area is 103 Å². The van der Waals surface area contributed by atoms with Gasteiger partial charge in [-0.1, -0.05) is 6.92 Å². The highest BCUT2D eigenvalue weighted by Crippen LogP contribution is 2.06. The Kier molecular flexibility index (Phi) is 5.35. The van der Waals surface area contributed by atoms with Crippen molar-refractivity contribution in [3.8, 4) is 0 Å². The summed E-state index contributed by atoms with van der Waals surface area (Å²) in [7, 11) is -2.88. The van der Waals surface area contributed by atoms with E-state index in [1.165, 1.54) is 0 Å². The minimum atomic E-state index is -2.88. The number of nitrogens with one attached hydrogen (secondary N) is 1. The molecule has 0 radical (unpaired) electrons. The second-order valence-electron chi connectivity index (χ2n) is 4.21. The summed E-state index contributed by atoms with van der Waals surface area (Å²) in [4.78, 5) is 2.10. The number of nitrogens with two attached hydrogens (primary N) is 1. The monoisotopic (exact) mass is 263 g/mol. The number of morpholine rings is 1. The van der Waals surface area contributed by atoms with Crippen LogP contribution in [0.3, 0.4) is 0 Å². The molecule has 0 aromatic rings. The van der Waals surface area contributed by atoms with Gasteiger partial charge in [0.2, 0.25) is 0 Å². The predicted octanol–water partition coefficient (Wildman–Crippen LogP) is -0.552. The molecule has 1 fully saturated rings. The largest absolute Gasteiger partial charge is 0.385 e. The molecule has 0 bridgehead atoms. The minimum Gasteiger partial charge on any atom is -0.385 e. The van der Waals surface area contributed by atoms with Gasteiger partial charge in [0, 0.05) is 18.8 Å². The molecule has 3 N–H and O–H groups in total. The van der Waals surface area contributed by atoms with Gasteiger partial charge in [-0.15, -0.1) is 0 Å². The van der Waals surface area contributed by atoms with E-state index in [1.54, 1.807) is 6.92 Å². The molecule has 7 heteroatoms. The van der Waals surface area contributed by atoms with Crippen LogP contribution >= 0.6 is 0 Å². The van der Waals surface area contributed by atoms with Crippen LogP contribution < -0.4 is 5.73 Å². The van der Waals surface area contributed by atoms with Crippen LogP contribution in [-0.4, -0.2) is 63.0 Å². The Morgan fingerprint density at radius 2 is 2.29 bits per heavy atom. The van der Waals surface area contributed by atoms with Crippen molar-refractivity contribution >= 4 is 15.7 Å². The average molecular weight is 263 g/mol. The normalized spacial score (nSPS) is 22.5. The predicted molar refractivity (Wildman–Crippen MR) is 67.0 cm³/mol. The zero-order valence-electron chi connectivity index (χ0n) is 10.2. The summed E-state index contributed by atoms with van der Waals surface area (Å²) in [5, 5.41) is 7.32. The van der Waals surface area contributed by atoms with Crippen LogP contribution in [-0.2, 0) is 14.6 Å². The molecule has 100 valence electrons. The van der Waals surface area contributed by atoms with E-state index in [4.69, 9.17) is 15.9 Å². The first-order valence-electron chi connectivity index (χ1n) is 5.83. The van der Waals surface area contributed by atoms with Gasteiger partial charge < -0.3 is 10.5 Å². The fraction of sp³-hybridized carbons (Fsp3) is 0.900. The fourth-order valence-corrected chi connectivity index (χ4v) is 2.60. The summed E-state index contributed by atoms with van der Waals surface area (Å²) >= 11 is 0. The summed E-state index contributed by atoms with van der Waals surface area (Å²) in [5.41, 5.74) is 5.38. The maximum atomic E-state index is 11.3. The van der Waals surface area contributed by atoms with Crippen molar-refractivity contribution in [2.24, 2.45) is 5.73 Å². The smallest absolute Gasteiger partial charge is 0.150 e. The van der Waals surface area contributed by atoms with Crippen molar-refractivity contribution in [1.29, 1.82) is 5.41 Å². The van der Waals surface area contributed by atoms with Gasteiger partial charge in [0.15, 0.2) is 0 Å². The number of sulfone groups is 1. The van der Waals surface area contributed by atoms with E-state index in [9.17, 15) is 8.42 Å². The molecular weight excluding hydrogens is 242 g/mol. The van der Waals surface area contributed by atoms with Gasteiger partial charge in [0.25, 0.3) is 0 Å². The highest BCUT2D eigenvalue weighted by Gasteiger charge is 2.22. The Hall–Kier alpha value is -0.660. The molecule has 0 aromatic heterocycles. The third-order valence-corrected chi connectivity index (χ3v) is 4.66. The molecule has 0 aromatic carbocycles. The molecular formula is C10H21N3O3S. The summed E-state index contributed by atoms with van der Waals surface area (Å²) in [6.45, 7) is 4.28. The summed E-state index contributed by atoms with van der Waals surface area (Å²) in [6.07, 6.45) is 0.285. The number of hydrogen-bond donors (Lipinski definition) is 2. The maximum absolute atomic E-state index is 11.3. The second-order valence-corrected chi connectivity index (χ2v) is 6.68. The molecule has 1 saturated heterocycles. The molecule has 1 rings (SSSR count). The topological polar surface area (TPSA) is 96.5 Å². The van der Waals surface area contributed by atoms with E-state index in [0.29, 0.717) is 26.1 Å². The maximum Gasteiger partial charge on any atom is 0.150 e. The molecule has 1 heterocycles. The van der Waals surface area contributed by atoms with Gasteiger partial charge in [-0.2, -0.15) is 0 Å². The number of ether oxygens (including phenoxy) is 1. The van der Waals surface area contributed by atoms with Crippen molar-refractivity contribution in [1.82, 2.24) is 4.90 Å². The van der Waals surface area contributed by atoms with Crippen molar-refractivity contribution < 1.29 is 13.2 Å². The lowest BCUT2D eigenvalue weighted by Gasteiger charge is -2.32. The van der Waals surface area contributed by atoms with Gasteiger partial charge >= 0.3 is 0 Å². The van der Waals surface area contributed by atoms with Crippen molar-refractivity contribution in [2.45, 2.75) is 19.4 Å². The number of nitrogens with zero attached hydrogens (tertiary/aromatic N) is 1. The highest BCUT2D eigenvalue weighted by atomic mass is 32.2. The lowest BCUT2D eigenvalue weighted by Crippen LogP contribution is -2.48. The van der Waals surface area contributed by atoms with Crippen LogP contribution in [0.15, 0.2) is 0 Å². The molecule has 17 heavy (non-hydrogen) atoms. The van der Waals surface area contributed by atoms with E-state index in [-0.39, 0.29) is 23.4 Å². The van der Waals surface area contributed by atoms with Gasteiger partial charge in [-0.05, 0) is 13.0 Å². The van der Waals surface area contributed by atoms with E-state index in [2.05, 4.69) is 4.90 Å². The number of hydrogen-bond acceptors (Lipinski definition) is 5. The molecule has 0 aliphatic carbocycles. The molecule has 6 nitrogen and oxygen atoms in total. The fourth-order valence-electron chi connectivity index (χ4n) is 1.75. The van der Waals surface area contributed by atoms with Crippen LogP contribution in [0.5, 0.6) is 0 Å². The molecule has 1 unspecified atom stereocenters. The van der Waals surface area contributed by atoms with Crippen molar-refractivity contribution in [2.75, 3.05) is 37.7 Å². The molecule has 1 aliphatic rings. The quantitative estimate of drug-likeness (QED) is 0.495. The first-order valence-corrected chi connectivity index (χ1v) is 7.65. The van der Waals surface area contributed by atoms with Gasteiger partial charge in [0.05, 0.1) is 12.4 Å². The zero-order chi connectivity index (χ0) is 12.9. The lowest BCUT2D eigenvalue weighted by atomic mass is 10.2. The van der Waals surface area contributed by atoms with Crippen LogP contribution in [0.4, 0.5) is 0 Å². The van der Waals surface area contributed by atoms with E-state index >= 15 is 0 Å². The summed E-state index contributed by atoms with van der Waals surface area (Å²) in [6, 6.07) is 0. The van der Waals surface area contributed by atoms with Gasteiger partial charge in [-0.25, -0.2) is 8.42 Å². The van der Waals surface area contributed by atoms with E-state index in [0.717, 1.165) is 6.54 Å². The zero-order valence-corrected chi connectivity index (χ0v) is 11.0. The molecule has 0 amide bonds. The first-order chi connectivity index (χ1) is 7.94. The van der Waals surface area contributed by atoms with Crippen molar-refractivity contribution in [3.05, 3.63) is 0 Å². The Bertz CT molecular complexity index is 356. The standard InChI is InChI=1S/C10H21N3O3S/c1-2-17(14,15)7-3-4-13-5-6-16-9(8-13)10(11)12/h9H,2-8H2,1H3,(H3,11,12). The first kappa shape index (κ1) is 14.4. The lowest BCUT2D eigenvalue weighted by molar-refractivity contribution is 0.00587. The Morgan fingerprint density at radius 3 is 2.88 bits per heavy atom. The summed E-state index contributed by atoms with van der Waals surface area (Å²) in [5.74, 6) is 0.466. The third kappa shape index (κ3) is 5.01.